The van der Waals surface area contributed by atoms with E-state index >= 15 is 0 Å². The van der Waals surface area contributed by atoms with E-state index in [1.807, 2.05) is 39.0 Å². The minimum Gasteiger partial charge on any atom is -0.385 e. The summed E-state index contributed by atoms with van der Waals surface area (Å²) in [6.07, 6.45) is 0.849. The van der Waals surface area contributed by atoms with Crippen molar-refractivity contribution in [1.29, 1.82) is 0 Å². The molecule has 0 heterocycles. The average molecular weight is 264 g/mol. The van der Waals surface area contributed by atoms with Crippen LogP contribution in [0.15, 0.2) is 18.2 Å². The van der Waals surface area contributed by atoms with Crippen LogP contribution in [0, 0.1) is 6.92 Å². The smallest absolute Gasteiger partial charge is 0.253 e. The summed E-state index contributed by atoms with van der Waals surface area (Å²) in [5.41, 5.74) is 2.64. The van der Waals surface area contributed by atoms with E-state index in [-0.39, 0.29) is 11.9 Å². The summed E-state index contributed by atoms with van der Waals surface area (Å²) in [5, 5.41) is 6.22. The molecule has 0 aromatic heterocycles. The summed E-state index contributed by atoms with van der Waals surface area (Å²) in [7, 11) is 1.64. The molecule has 1 aromatic rings. The molecule has 0 aliphatic carbocycles. The van der Waals surface area contributed by atoms with Gasteiger partial charge in [-0.2, -0.15) is 0 Å². The number of hydrogen-bond acceptors (Lipinski definition) is 3. The van der Waals surface area contributed by atoms with Gasteiger partial charge in [0, 0.05) is 19.3 Å². The van der Waals surface area contributed by atoms with Crippen LogP contribution < -0.4 is 10.6 Å². The quantitative estimate of drug-likeness (QED) is 0.796. The van der Waals surface area contributed by atoms with Crippen LogP contribution in [-0.4, -0.2) is 32.2 Å². The number of rotatable bonds is 7. The summed E-state index contributed by atoms with van der Waals surface area (Å²) in [5.74, 6) is -0.0523. The van der Waals surface area contributed by atoms with Crippen LogP contribution >= 0.6 is 0 Å². The van der Waals surface area contributed by atoms with Crippen LogP contribution in [0.5, 0.6) is 0 Å². The van der Waals surface area contributed by atoms with Crippen molar-refractivity contribution < 1.29 is 9.53 Å². The molecule has 4 heteroatoms. The summed E-state index contributed by atoms with van der Waals surface area (Å²) < 4.78 is 5.10. The first-order valence-corrected chi connectivity index (χ1v) is 6.76. The summed E-state index contributed by atoms with van der Waals surface area (Å²) in [4.78, 5) is 12.3. The number of benzene rings is 1. The third kappa shape index (κ3) is 4.56. The number of amides is 1. The van der Waals surface area contributed by atoms with Gasteiger partial charge in [-0.25, -0.2) is 0 Å². The number of anilines is 1. The Bertz CT molecular complexity index is 419. The molecule has 2 N–H and O–H groups in total. The molecule has 0 fully saturated rings. The van der Waals surface area contributed by atoms with Crippen LogP contribution in [0.1, 0.15) is 36.2 Å². The first kappa shape index (κ1) is 15.5. The lowest BCUT2D eigenvalue weighted by Crippen LogP contribution is -2.37. The Morgan fingerprint density at radius 1 is 1.37 bits per heavy atom. The van der Waals surface area contributed by atoms with Crippen molar-refractivity contribution >= 4 is 11.6 Å². The number of aryl methyl sites for hydroxylation is 1. The maximum Gasteiger partial charge on any atom is 0.253 e. The highest BCUT2D eigenvalue weighted by atomic mass is 16.5. The van der Waals surface area contributed by atoms with Gasteiger partial charge in [-0.05, 0) is 32.4 Å². The van der Waals surface area contributed by atoms with Gasteiger partial charge < -0.3 is 15.4 Å². The van der Waals surface area contributed by atoms with E-state index in [0.717, 1.165) is 24.2 Å². The van der Waals surface area contributed by atoms with Gasteiger partial charge in [0.05, 0.1) is 18.2 Å². The zero-order chi connectivity index (χ0) is 14.3. The fourth-order valence-electron chi connectivity index (χ4n) is 1.92. The van der Waals surface area contributed by atoms with Crippen LogP contribution in [-0.2, 0) is 4.74 Å². The van der Waals surface area contributed by atoms with Crippen molar-refractivity contribution in [2.75, 3.05) is 25.6 Å². The molecule has 0 aliphatic heterocycles. The molecule has 0 radical (unpaired) electrons. The topological polar surface area (TPSA) is 50.4 Å². The summed E-state index contributed by atoms with van der Waals surface area (Å²) in [6.45, 7) is 7.36. The van der Waals surface area contributed by atoms with Gasteiger partial charge in [0.25, 0.3) is 5.91 Å². The second kappa shape index (κ2) is 7.79. The molecule has 0 saturated carbocycles. The molecule has 19 heavy (non-hydrogen) atoms. The highest BCUT2D eigenvalue weighted by molar-refractivity contribution is 6.00. The molecule has 0 bridgehead atoms. The molecule has 4 nitrogen and oxygen atoms in total. The maximum absolute atomic E-state index is 12.3. The van der Waals surface area contributed by atoms with Crippen molar-refractivity contribution in [1.82, 2.24) is 5.32 Å². The Kier molecular flexibility index (Phi) is 6.36. The molecule has 0 spiro atoms. The minimum atomic E-state index is -0.0523. The third-order valence-electron chi connectivity index (χ3n) is 2.98. The fourth-order valence-corrected chi connectivity index (χ4v) is 1.92. The predicted octanol–water partition coefficient (Wildman–Crippen LogP) is 2.58. The zero-order valence-corrected chi connectivity index (χ0v) is 12.2. The number of nitrogens with one attached hydrogen (secondary N) is 2. The SMILES string of the molecule is CCNc1ccc(C)cc1C(=O)NC(CC)COC. The standard InChI is InChI=1S/C15H24N2O2/c1-5-12(10-19-4)17-15(18)13-9-11(3)7-8-14(13)16-6-2/h7-9,12,16H,5-6,10H2,1-4H3,(H,17,18). The molecular formula is C15H24N2O2. The van der Waals surface area contributed by atoms with Crippen molar-refractivity contribution in [2.24, 2.45) is 0 Å². The highest BCUT2D eigenvalue weighted by Gasteiger charge is 2.15. The average Bonchev–Trinajstić information content (AvgIpc) is 2.40. The molecule has 1 rings (SSSR count). The van der Waals surface area contributed by atoms with Gasteiger partial charge in [0.15, 0.2) is 0 Å². The number of carbonyl (C=O) groups excluding carboxylic acids is 1. The molecule has 1 unspecified atom stereocenters. The van der Waals surface area contributed by atoms with Crippen LogP contribution in [0.25, 0.3) is 0 Å². The normalized spacial score (nSPS) is 12.0. The van der Waals surface area contributed by atoms with Gasteiger partial charge in [0.1, 0.15) is 0 Å². The van der Waals surface area contributed by atoms with Crippen molar-refractivity contribution in [2.45, 2.75) is 33.2 Å². The zero-order valence-electron chi connectivity index (χ0n) is 12.2. The molecule has 1 atom stereocenters. The minimum absolute atomic E-state index is 0.0486. The van der Waals surface area contributed by atoms with Crippen molar-refractivity contribution in [3.8, 4) is 0 Å². The van der Waals surface area contributed by atoms with Gasteiger partial charge >= 0.3 is 0 Å². The largest absolute Gasteiger partial charge is 0.385 e. The third-order valence-corrected chi connectivity index (χ3v) is 2.98. The van der Waals surface area contributed by atoms with Gasteiger partial charge in [0.2, 0.25) is 0 Å². The summed E-state index contributed by atoms with van der Waals surface area (Å²) in [6, 6.07) is 5.91. The van der Waals surface area contributed by atoms with Gasteiger partial charge in [-0.1, -0.05) is 18.6 Å². The Balaban J connectivity index is 2.87. The number of methoxy groups -OCH3 is 1. The lowest BCUT2D eigenvalue weighted by Gasteiger charge is -2.18. The molecule has 0 saturated heterocycles. The number of ether oxygens (including phenoxy) is 1. The van der Waals surface area contributed by atoms with E-state index in [9.17, 15) is 4.79 Å². The van der Waals surface area contributed by atoms with E-state index in [1.165, 1.54) is 0 Å². The van der Waals surface area contributed by atoms with E-state index in [0.29, 0.717) is 12.2 Å². The first-order valence-electron chi connectivity index (χ1n) is 6.76. The van der Waals surface area contributed by atoms with Gasteiger partial charge in [-0.3, -0.25) is 4.79 Å². The Labute approximate surface area is 115 Å². The summed E-state index contributed by atoms with van der Waals surface area (Å²) >= 11 is 0. The predicted molar refractivity (Wildman–Crippen MR) is 78.8 cm³/mol. The molecule has 106 valence electrons. The van der Waals surface area contributed by atoms with Crippen molar-refractivity contribution in [3.63, 3.8) is 0 Å². The Hall–Kier alpha value is -1.55. The van der Waals surface area contributed by atoms with E-state index in [4.69, 9.17) is 4.74 Å². The lowest BCUT2D eigenvalue weighted by atomic mass is 10.1. The second-order valence-electron chi connectivity index (χ2n) is 4.61. The molecule has 0 aliphatic rings. The number of carbonyl (C=O) groups is 1. The Morgan fingerprint density at radius 3 is 2.68 bits per heavy atom. The van der Waals surface area contributed by atoms with Crippen molar-refractivity contribution in [3.05, 3.63) is 29.3 Å². The number of hydrogen-bond donors (Lipinski definition) is 2. The molecular weight excluding hydrogens is 240 g/mol. The molecule has 1 aromatic carbocycles. The second-order valence-corrected chi connectivity index (χ2v) is 4.61. The van der Waals surface area contributed by atoms with Crippen LogP contribution in [0.2, 0.25) is 0 Å². The monoisotopic (exact) mass is 264 g/mol. The van der Waals surface area contributed by atoms with Crippen LogP contribution in [0.4, 0.5) is 5.69 Å². The Morgan fingerprint density at radius 2 is 2.11 bits per heavy atom. The van der Waals surface area contributed by atoms with Gasteiger partial charge in [-0.15, -0.1) is 0 Å². The lowest BCUT2D eigenvalue weighted by molar-refractivity contribution is 0.0895. The first-order chi connectivity index (χ1) is 9.12. The van der Waals surface area contributed by atoms with E-state index < -0.39 is 0 Å². The van der Waals surface area contributed by atoms with E-state index in [1.54, 1.807) is 7.11 Å². The fraction of sp³-hybridized carbons (Fsp3) is 0.533. The highest BCUT2D eigenvalue weighted by Crippen LogP contribution is 2.17. The molecule has 1 amide bonds. The maximum atomic E-state index is 12.3. The van der Waals surface area contributed by atoms with E-state index in [2.05, 4.69) is 10.6 Å². The van der Waals surface area contributed by atoms with Crippen LogP contribution in [0.3, 0.4) is 0 Å².